The number of hydrogen-bond acceptors (Lipinski definition) is 1. The molecule has 3 heteroatoms. The maximum absolute atomic E-state index is 11.2. The maximum Gasteiger partial charge on any atom is 0.317 e. The van der Waals surface area contributed by atoms with Crippen molar-refractivity contribution < 1.29 is 4.79 Å². The number of rotatable bonds is 0. The van der Waals surface area contributed by atoms with Crippen molar-refractivity contribution in [2.24, 2.45) is 0 Å². The van der Waals surface area contributed by atoms with Gasteiger partial charge in [0.15, 0.2) is 0 Å². The molecular weight excluding hydrogens is 140 g/mol. The first kappa shape index (κ1) is 6.70. The molecule has 2 aliphatic heterocycles. The van der Waals surface area contributed by atoms with Crippen LogP contribution in [0.1, 0.15) is 12.8 Å². The molecule has 3 nitrogen and oxygen atoms in total. The molecule has 11 heavy (non-hydrogen) atoms. The minimum Gasteiger partial charge on any atom is -0.338 e. The molecule has 0 aromatic carbocycles. The molecule has 60 valence electrons. The van der Waals surface area contributed by atoms with Crippen LogP contribution in [0.2, 0.25) is 0 Å². The summed E-state index contributed by atoms with van der Waals surface area (Å²) in [5.74, 6) is 0. The van der Waals surface area contributed by atoms with Crippen LogP contribution in [0, 0.1) is 0 Å². The van der Waals surface area contributed by atoms with Gasteiger partial charge in [0.2, 0.25) is 0 Å². The van der Waals surface area contributed by atoms with Gasteiger partial charge in [-0.05, 0) is 12.8 Å². The first-order chi connectivity index (χ1) is 5.38. The molecule has 1 N–H and O–H groups in total. The van der Waals surface area contributed by atoms with Crippen LogP contribution in [0.3, 0.4) is 0 Å². The van der Waals surface area contributed by atoms with Crippen LogP contribution in [0.5, 0.6) is 0 Å². The molecule has 2 heterocycles. The molecule has 2 rings (SSSR count). The summed E-state index contributed by atoms with van der Waals surface area (Å²) in [7, 11) is 0. The molecule has 2 amide bonds. The SMILES string of the molecule is O=C1NCCC2CC=CCN12. The van der Waals surface area contributed by atoms with Gasteiger partial charge in [-0.2, -0.15) is 0 Å². The Morgan fingerprint density at radius 2 is 2.45 bits per heavy atom. The summed E-state index contributed by atoms with van der Waals surface area (Å²) in [5, 5.41) is 2.83. The number of hydrogen-bond donors (Lipinski definition) is 1. The third-order valence-electron chi connectivity index (χ3n) is 2.33. The van der Waals surface area contributed by atoms with Crippen LogP contribution in [0.4, 0.5) is 4.79 Å². The second kappa shape index (κ2) is 2.57. The average molecular weight is 152 g/mol. The Bertz CT molecular complexity index is 200. The summed E-state index contributed by atoms with van der Waals surface area (Å²) >= 11 is 0. The molecule has 0 bridgehead atoms. The van der Waals surface area contributed by atoms with E-state index in [9.17, 15) is 4.79 Å². The van der Waals surface area contributed by atoms with Gasteiger partial charge in [-0.15, -0.1) is 0 Å². The standard InChI is InChI=1S/C8H12N2O/c11-8-9-5-4-7-3-1-2-6-10(7)8/h1-2,7H,3-6H2,(H,9,11). The fourth-order valence-electron chi connectivity index (χ4n) is 1.69. The molecule has 2 aliphatic rings. The van der Waals surface area contributed by atoms with Crippen LogP contribution in [-0.4, -0.2) is 30.1 Å². The van der Waals surface area contributed by atoms with Crippen molar-refractivity contribution in [1.29, 1.82) is 0 Å². The highest BCUT2D eigenvalue weighted by Gasteiger charge is 2.27. The highest BCUT2D eigenvalue weighted by Crippen LogP contribution is 2.16. The van der Waals surface area contributed by atoms with Gasteiger partial charge in [0.1, 0.15) is 0 Å². The Morgan fingerprint density at radius 3 is 3.27 bits per heavy atom. The van der Waals surface area contributed by atoms with Gasteiger partial charge in [0, 0.05) is 19.1 Å². The van der Waals surface area contributed by atoms with Crippen molar-refractivity contribution >= 4 is 6.03 Å². The van der Waals surface area contributed by atoms with Crippen molar-refractivity contribution in [3.8, 4) is 0 Å². The molecule has 0 saturated carbocycles. The highest BCUT2D eigenvalue weighted by molar-refractivity contribution is 5.75. The zero-order chi connectivity index (χ0) is 7.68. The summed E-state index contributed by atoms with van der Waals surface area (Å²) in [6.45, 7) is 1.63. The fraction of sp³-hybridized carbons (Fsp3) is 0.625. The summed E-state index contributed by atoms with van der Waals surface area (Å²) < 4.78 is 0. The summed E-state index contributed by atoms with van der Waals surface area (Å²) in [5.41, 5.74) is 0. The predicted octanol–water partition coefficient (Wildman–Crippen LogP) is 0.730. The lowest BCUT2D eigenvalue weighted by atomic mass is 10.0. The Morgan fingerprint density at radius 1 is 1.55 bits per heavy atom. The van der Waals surface area contributed by atoms with Crippen molar-refractivity contribution in [3.63, 3.8) is 0 Å². The lowest BCUT2D eigenvalue weighted by Crippen LogP contribution is -2.53. The lowest BCUT2D eigenvalue weighted by Gasteiger charge is -2.36. The number of nitrogens with zero attached hydrogens (tertiary/aromatic N) is 1. The van der Waals surface area contributed by atoms with E-state index >= 15 is 0 Å². The summed E-state index contributed by atoms with van der Waals surface area (Å²) in [6, 6.07) is 0.569. The quantitative estimate of drug-likeness (QED) is 0.510. The smallest absolute Gasteiger partial charge is 0.317 e. The second-order valence-corrected chi connectivity index (χ2v) is 3.03. The van der Waals surface area contributed by atoms with E-state index in [0.717, 1.165) is 25.9 Å². The van der Waals surface area contributed by atoms with E-state index in [1.807, 2.05) is 4.90 Å². The van der Waals surface area contributed by atoms with Crippen LogP contribution in [0.15, 0.2) is 12.2 Å². The normalized spacial score (nSPS) is 29.6. The van der Waals surface area contributed by atoms with E-state index in [-0.39, 0.29) is 6.03 Å². The van der Waals surface area contributed by atoms with Crippen molar-refractivity contribution in [3.05, 3.63) is 12.2 Å². The first-order valence-corrected chi connectivity index (χ1v) is 4.07. The van der Waals surface area contributed by atoms with Gasteiger partial charge in [-0.1, -0.05) is 12.2 Å². The predicted molar refractivity (Wildman–Crippen MR) is 42.3 cm³/mol. The molecule has 0 aromatic rings. The maximum atomic E-state index is 11.2. The molecule has 1 atom stereocenters. The Kier molecular flexibility index (Phi) is 1.56. The number of fused-ring (bicyclic) bond motifs is 1. The van der Waals surface area contributed by atoms with Crippen LogP contribution in [-0.2, 0) is 0 Å². The molecule has 1 unspecified atom stereocenters. The average Bonchev–Trinajstić information content (AvgIpc) is 2.06. The number of carbonyl (C=O) groups is 1. The third kappa shape index (κ3) is 1.11. The van der Waals surface area contributed by atoms with Crippen LogP contribution < -0.4 is 5.32 Å². The Balaban J connectivity index is 2.13. The minimum atomic E-state index is 0.102. The van der Waals surface area contributed by atoms with E-state index in [0.29, 0.717) is 6.04 Å². The second-order valence-electron chi connectivity index (χ2n) is 3.03. The molecule has 1 saturated heterocycles. The number of nitrogens with one attached hydrogen (secondary N) is 1. The molecule has 0 aromatic heterocycles. The fourth-order valence-corrected chi connectivity index (χ4v) is 1.69. The number of amides is 2. The van der Waals surface area contributed by atoms with Gasteiger partial charge in [-0.25, -0.2) is 4.79 Å². The molecule has 0 spiro atoms. The molecule has 0 aliphatic carbocycles. The van der Waals surface area contributed by atoms with Crippen LogP contribution >= 0.6 is 0 Å². The molecule has 0 radical (unpaired) electrons. The Labute approximate surface area is 66.1 Å². The first-order valence-electron chi connectivity index (χ1n) is 4.07. The van der Waals surface area contributed by atoms with E-state index in [2.05, 4.69) is 17.5 Å². The minimum absolute atomic E-state index is 0.102. The summed E-state index contributed by atoms with van der Waals surface area (Å²) in [6.07, 6.45) is 6.35. The topological polar surface area (TPSA) is 32.3 Å². The van der Waals surface area contributed by atoms with Crippen molar-refractivity contribution in [1.82, 2.24) is 10.2 Å². The summed E-state index contributed by atoms with van der Waals surface area (Å²) in [4.78, 5) is 13.1. The monoisotopic (exact) mass is 152 g/mol. The van der Waals surface area contributed by atoms with Crippen molar-refractivity contribution in [2.45, 2.75) is 18.9 Å². The third-order valence-corrected chi connectivity index (χ3v) is 2.33. The van der Waals surface area contributed by atoms with E-state index in [1.54, 1.807) is 0 Å². The zero-order valence-electron chi connectivity index (χ0n) is 6.42. The Hall–Kier alpha value is -0.990. The van der Waals surface area contributed by atoms with E-state index in [4.69, 9.17) is 0 Å². The van der Waals surface area contributed by atoms with Crippen LogP contribution in [0.25, 0.3) is 0 Å². The van der Waals surface area contributed by atoms with Gasteiger partial charge in [-0.3, -0.25) is 0 Å². The highest BCUT2D eigenvalue weighted by atomic mass is 16.2. The van der Waals surface area contributed by atoms with E-state index < -0.39 is 0 Å². The van der Waals surface area contributed by atoms with Gasteiger partial charge in [0.05, 0.1) is 0 Å². The number of urea groups is 1. The number of carbonyl (C=O) groups excluding carboxylic acids is 1. The van der Waals surface area contributed by atoms with Gasteiger partial charge < -0.3 is 10.2 Å². The van der Waals surface area contributed by atoms with Gasteiger partial charge >= 0.3 is 6.03 Å². The molecule has 1 fully saturated rings. The molecular formula is C8H12N2O. The van der Waals surface area contributed by atoms with Gasteiger partial charge in [0.25, 0.3) is 0 Å². The van der Waals surface area contributed by atoms with Crippen molar-refractivity contribution in [2.75, 3.05) is 13.1 Å². The largest absolute Gasteiger partial charge is 0.338 e. The lowest BCUT2D eigenvalue weighted by molar-refractivity contribution is 0.159. The zero-order valence-corrected chi connectivity index (χ0v) is 6.42. The van der Waals surface area contributed by atoms with E-state index in [1.165, 1.54) is 0 Å².